The van der Waals surface area contributed by atoms with E-state index in [2.05, 4.69) is 43.4 Å². The van der Waals surface area contributed by atoms with Gasteiger partial charge in [-0.15, -0.1) is 11.8 Å². The largest absolute Gasteiger partial charge is 0.313 e. The quantitative estimate of drug-likeness (QED) is 0.704. The molecule has 0 heterocycles. The number of hydrogen-bond donors (Lipinski definition) is 1. The van der Waals surface area contributed by atoms with Gasteiger partial charge in [-0.3, -0.25) is 0 Å². The van der Waals surface area contributed by atoms with Gasteiger partial charge in [0.15, 0.2) is 0 Å². The summed E-state index contributed by atoms with van der Waals surface area (Å²) < 4.78 is 0. The van der Waals surface area contributed by atoms with E-state index in [1.54, 1.807) is 0 Å². The maximum atomic E-state index is 3.63. The van der Waals surface area contributed by atoms with Gasteiger partial charge >= 0.3 is 0 Å². The molecule has 0 amide bonds. The first-order valence-corrected chi connectivity index (χ1v) is 8.20. The number of benzene rings is 1. The van der Waals surface area contributed by atoms with Gasteiger partial charge in [0, 0.05) is 16.7 Å². The second-order valence-corrected chi connectivity index (χ2v) is 6.41. The van der Waals surface area contributed by atoms with Crippen LogP contribution in [-0.2, 0) is 0 Å². The van der Waals surface area contributed by atoms with Crippen LogP contribution < -0.4 is 5.32 Å². The van der Waals surface area contributed by atoms with Crippen LogP contribution in [0.5, 0.6) is 0 Å². The van der Waals surface area contributed by atoms with Gasteiger partial charge < -0.3 is 5.32 Å². The van der Waals surface area contributed by atoms with Crippen molar-refractivity contribution in [1.82, 2.24) is 5.32 Å². The van der Waals surface area contributed by atoms with Crippen LogP contribution in [0.4, 0.5) is 0 Å². The third kappa shape index (κ3) is 4.66. The van der Waals surface area contributed by atoms with Crippen molar-refractivity contribution in [2.75, 3.05) is 12.3 Å². The normalized spacial score (nSPS) is 16.8. The van der Waals surface area contributed by atoms with E-state index in [4.69, 9.17) is 0 Å². The van der Waals surface area contributed by atoms with Crippen LogP contribution in [0.1, 0.15) is 38.2 Å². The highest BCUT2D eigenvalue weighted by Gasteiger charge is 2.22. The topological polar surface area (TPSA) is 12.0 Å². The Kier molecular flexibility index (Phi) is 5.58. The van der Waals surface area contributed by atoms with Crippen LogP contribution in [0.25, 0.3) is 0 Å². The highest BCUT2D eigenvalue weighted by Crippen LogP contribution is 2.34. The second-order valence-electron chi connectivity index (χ2n) is 5.35. The van der Waals surface area contributed by atoms with Crippen molar-refractivity contribution in [2.24, 2.45) is 5.92 Å². The lowest BCUT2D eigenvalue weighted by molar-refractivity contribution is 0.501. The van der Waals surface area contributed by atoms with Crippen LogP contribution in [0.3, 0.4) is 0 Å². The standard InChI is InChI=1S/C16H25NS/c1-3-17-15(11-10-14-8-9-14)12-18-16-7-5-4-6-13(16)2/h4-7,14-15,17H,3,8-12H2,1-2H3. The van der Waals surface area contributed by atoms with E-state index in [0.29, 0.717) is 6.04 Å². The Morgan fingerprint density at radius 2 is 2.11 bits per heavy atom. The molecule has 0 spiro atoms. The van der Waals surface area contributed by atoms with E-state index < -0.39 is 0 Å². The molecular weight excluding hydrogens is 238 g/mol. The maximum absolute atomic E-state index is 3.63. The van der Waals surface area contributed by atoms with E-state index >= 15 is 0 Å². The van der Waals surface area contributed by atoms with Crippen molar-refractivity contribution in [3.63, 3.8) is 0 Å². The van der Waals surface area contributed by atoms with Crippen LogP contribution in [0.15, 0.2) is 29.2 Å². The lowest BCUT2D eigenvalue weighted by Crippen LogP contribution is -2.31. The van der Waals surface area contributed by atoms with Crippen molar-refractivity contribution >= 4 is 11.8 Å². The average Bonchev–Trinajstić information content (AvgIpc) is 3.18. The van der Waals surface area contributed by atoms with Crippen LogP contribution in [-0.4, -0.2) is 18.3 Å². The van der Waals surface area contributed by atoms with Crippen molar-refractivity contribution in [3.05, 3.63) is 29.8 Å². The summed E-state index contributed by atoms with van der Waals surface area (Å²) in [6.07, 6.45) is 5.72. The Bertz CT molecular complexity index is 360. The SMILES string of the molecule is CCNC(CCC1CC1)CSc1ccccc1C. The first-order valence-electron chi connectivity index (χ1n) is 7.21. The van der Waals surface area contributed by atoms with E-state index in [1.165, 1.54) is 41.9 Å². The molecule has 1 nitrogen and oxygen atoms in total. The Labute approximate surface area is 116 Å². The fourth-order valence-electron chi connectivity index (χ4n) is 2.29. The third-order valence-corrected chi connectivity index (χ3v) is 4.98. The van der Waals surface area contributed by atoms with Gasteiger partial charge in [0.05, 0.1) is 0 Å². The number of aryl methyl sites for hydroxylation is 1. The molecule has 1 aliphatic carbocycles. The minimum Gasteiger partial charge on any atom is -0.313 e. The van der Waals surface area contributed by atoms with E-state index in [1.807, 2.05) is 11.8 Å². The van der Waals surface area contributed by atoms with Crippen LogP contribution in [0.2, 0.25) is 0 Å². The van der Waals surface area contributed by atoms with Crippen LogP contribution in [0, 0.1) is 12.8 Å². The maximum Gasteiger partial charge on any atom is 0.0161 e. The van der Waals surface area contributed by atoms with Crippen molar-refractivity contribution in [2.45, 2.75) is 50.5 Å². The minimum absolute atomic E-state index is 0.681. The molecule has 2 rings (SSSR count). The Balaban J connectivity index is 1.78. The summed E-state index contributed by atoms with van der Waals surface area (Å²) in [6, 6.07) is 9.38. The van der Waals surface area contributed by atoms with Gasteiger partial charge in [0.1, 0.15) is 0 Å². The van der Waals surface area contributed by atoms with Gasteiger partial charge in [0.25, 0.3) is 0 Å². The van der Waals surface area contributed by atoms with Gasteiger partial charge in [-0.1, -0.05) is 38.0 Å². The predicted octanol–water partition coefficient (Wildman–Crippen LogP) is 4.26. The lowest BCUT2D eigenvalue weighted by atomic mass is 10.1. The molecule has 1 aromatic rings. The molecule has 0 radical (unpaired) electrons. The van der Waals surface area contributed by atoms with Crippen LogP contribution >= 0.6 is 11.8 Å². The fraction of sp³-hybridized carbons (Fsp3) is 0.625. The highest BCUT2D eigenvalue weighted by molar-refractivity contribution is 7.99. The lowest BCUT2D eigenvalue weighted by Gasteiger charge is -2.18. The molecule has 0 aliphatic heterocycles. The molecule has 18 heavy (non-hydrogen) atoms. The molecule has 0 saturated heterocycles. The second kappa shape index (κ2) is 7.20. The first kappa shape index (κ1) is 14.0. The summed E-state index contributed by atoms with van der Waals surface area (Å²) in [7, 11) is 0. The minimum atomic E-state index is 0.681. The summed E-state index contributed by atoms with van der Waals surface area (Å²) in [5, 5.41) is 3.63. The Hall–Kier alpha value is -0.470. The zero-order valence-corrected chi connectivity index (χ0v) is 12.4. The van der Waals surface area contributed by atoms with Gasteiger partial charge in [-0.05, 0) is 43.9 Å². The van der Waals surface area contributed by atoms with Gasteiger partial charge in [-0.25, -0.2) is 0 Å². The predicted molar refractivity (Wildman–Crippen MR) is 81.3 cm³/mol. The smallest absolute Gasteiger partial charge is 0.0161 e. The zero-order chi connectivity index (χ0) is 12.8. The Morgan fingerprint density at radius 1 is 1.33 bits per heavy atom. The van der Waals surface area contributed by atoms with Gasteiger partial charge in [0.2, 0.25) is 0 Å². The molecule has 100 valence electrons. The number of nitrogens with one attached hydrogen (secondary N) is 1. The summed E-state index contributed by atoms with van der Waals surface area (Å²) in [4.78, 5) is 1.44. The molecular formula is C16H25NS. The van der Waals surface area contributed by atoms with E-state index in [-0.39, 0.29) is 0 Å². The van der Waals surface area contributed by atoms with E-state index in [0.717, 1.165) is 12.5 Å². The van der Waals surface area contributed by atoms with Crippen molar-refractivity contribution in [1.29, 1.82) is 0 Å². The fourth-order valence-corrected chi connectivity index (χ4v) is 3.42. The third-order valence-electron chi connectivity index (χ3n) is 3.65. The summed E-state index contributed by atoms with van der Waals surface area (Å²) in [5.74, 6) is 2.25. The number of thioether (sulfide) groups is 1. The molecule has 1 atom stereocenters. The van der Waals surface area contributed by atoms with Gasteiger partial charge in [-0.2, -0.15) is 0 Å². The average molecular weight is 263 g/mol. The first-order chi connectivity index (χ1) is 8.79. The summed E-state index contributed by atoms with van der Waals surface area (Å²) >= 11 is 2.00. The van der Waals surface area contributed by atoms with Crippen molar-refractivity contribution in [3.8, 4) is 0 Å². The zero-order valence-electron chi connectivity index (χ0n) is 11.6. The monoisotopic (exact) mass is 263 g/mol. The molecule has 1 aliphatic rings. The summed E-state index contributed by atoms with van der Waals surface area (Å²) in [6.45, 7) is 5.50. The number of rotatable bonds is 8. The molecule has 0 aromatic heterocycles. The Morgan fingerprint density at radius 3 is 2.78 bits per heavy atom. The van der Waals surface area contributed by atoms with E-state index in [9.17, 15) is 0 Å². The number of hydrogen-bond acceptors (Lipinski definition) is 2. The molecule has 1 unspecified atom stereocenters. The molecule has 0 bridgehead atoms. The molecule has 1 aromatic carbocycles. The summed E-state index contributed by atoms with van der Waals surface area (Å²) in [5.41, 5.74) is 1.40. The van der Waals surface area contributed by atoms with Crippen molar-refractivity contribution < 1.29 is 0 Å². The molecule has 1 fully saturated rings. The highest BCUT2D eigenvalue weighted by atomic mass is 32.2. The molecule has 1 saturated carbocycles. The molecule has 2 heteroatoms. The molecule has 1 N–H and O–H groups in total.